The molecule has 1 heterocycles. The Labute approximate surface area is 132 Å². The molecule has 3 N–H and O–H groups in total. The number of nitrogens with two attached hydrogens (primary N) is 1. The Morgan fingerprint density at radius 3 is 2.57 bits per heavy atom. The van der Waals surface area contributed by atoms with Crippen LogP contribution in [0, 0.1) is 18.8 Å². The van der Waals surface area contributed by atoms with Crippen molar-refractivity contribution in [2.45, 2.75) is 56.7 Å². The third kappa shape index (κ3) is 4.52. The summed E-state index contributed by atoms with van der Waals surface area (Å²) in [5, 5.41) is 0. The normalized spacial score (nSPS) is 23.4. The fourth-order valence-corrected chi connectivity index (χ4v) is 5.47. The smallest absolute Gasteiger partial charge is 0.250 e. The summed E-state index contributed by atoms with van der Waals surface area (Å²) in [6.07, 6.45) is 5.97. The molecule has 4 nitrogen and oxygen atoms in total. The summed E-state index contributed by atoms with van der Waals surface area (Å²) in [5.41, 5.74) is 6.57. The Kier molecular flexibility index (Phi) is 5.82. The van der Waals surface area contributed by atoms with Gasteiger partial charge in [-0.3, -0.25) is 0 Å². The molecule has 1 saturated carbocycles. The van der Waals surface area contributed by atoms with Gasteiger partial charge in [0, 0.05) is 18.0 Å². The zero-order valence-electron chi connectivity index (χ0n) is 12.9. The fraction of sp³-hybridized carbons (Fsp3) is 0.733. The summed E-state index contributed by atoms with van der Waals surface area (Å²) >= 11 is 1.28. The SMILES string of the molecule is Cc1cc(S(=O)(=O)NCCC2CCC(C)CC2)sc1CN. The van der Waals surface area contributed by atoms with Crippen molar-refractivity contribution in [3.8, 4) is 0 Å². The molecule has 0 unspecified atom stereocenters. The van der Waals surface area contributed by atoms with Gasteiger partial charge in [0.15, 0.2) is 0 Å². The Balaban J connectivity index is 1.86. The average Bonchev–Trinajstić information content (AvgIpc) is 2.83. The van der Waals surface area contributed by atoms with Gasteiger partial charge in [0.25, 0.3) is 0 Å². The Bertz CT molecular complexity index is 558. The van der Waals surface area contributed by atoms with E-state index in [0.29, 0.717) is 23.2 Å². The maximum Gasteiger partial charge on any atom is 0.250 e. The van der Waals surface area contributed by atoms with Gasteiger partial charge in [0.2, 0.25) is 10.0 Å². The van der Waals surface area contributed by atoms with E-state index in [-0.39, 0.29) is 0 Å². The molecule has 1 aliphatic carbocycles. The van der Waals surface area contributed by atoms with Gasteiger partial charge in [0.05, 0.1) is 0 Å². The van der Waals surface area contributed by atoms with Crippen LogP contribution in [0.2, 0.25) is 0 Å². The van der Waals surface area contributed by atoms with E-state index in [1.54, 1.807) is 6.07 Å². The van der Waals surface area contributed by atoms with E-state index in [1.807, 2.05) is 6.92 Å². The van der Waals surface area contributed by atoms with Gasteiger partial charge in [-0.05, 0) is 36.8 Å². The van der Waals surface area contributed by atoms with Gasteiger partial charge in [-0.25, -0.2) is 13.1 Å². The molecule has 1 aromatic rings. The lowest BCUT2D eigenvalue weighted by Gasteiger charge is -2.25. The van der Waals surface area contributed by atoms with Crippen molar-refractivity contribution < 1.29 is 8.42 Å². The summed E-state index contributed by atoms with van der Waals surface area (Å²) in [6.45, 7) is 5.14. The van der Waals surface area contributed by atoms with Crippen molar-refractivity contribution in [3.05, 3.63) is 16.5 Å². The van der Waals surface area contributed by atoms with Crippen LogP contribution in [-0.2, 0) is 16.6 Å². The largest absolute Gasteiger partial charge is 0.326 e. The molecule has 2 rings (SSSR count). The Morgan fingerprint density at radius 1 is 1.33 bits per heavy atom. The third-order valence-corrected chi connectivity index (χ3v) is 7.62. The zero-order chi connectivity index (χ0) is 15.5. The van der Waals surface area contributed by atoms with Gasteiger partial charge in [-0.15, -0.1) is 11.3 Å². The summed E-state index contributed by atoms with van der Waals surface area (Å²) in [4.78, 5) is 0.941. The molecule has 120 valence electrons. The molecular formula is C15H26N2O2S2. The van der Waals surface area contributed by atoms with Crippen LogP contribution in [-0.4, -0.2) is 15.0 Å². The Hall–Kier alpha value is -0.430. The minimum Gasteiger partial charge on any atom is -0.326 e. The maximum absolute atomic E-state index is 12.3. The maximum atomic E-state index is 12.3. The van der Waals surface area contributed by atoms with E-state index in [2.05, 4.69) is 11.6 Å². The van der Waals surface area contributed by atoms with Crippen LogP contribution in [0.4, 0.5) is 0 Å². The summed E-state index contributed by atoms with van der Waals surface area (Å²) < 4.78 is 27.7. The molecule has 0 bridgehead atoms. The van der Waals surface area contributed by atoms with Crippen LogP contribution in [0.3, 0.4) is 0 Å². The number of hydrogen-bond acceptors (Lipinski definition) is 4. The molecule has 0 amide bonds. The molecule has 0 spiro atoms. The van der Waals surface area contributed by atoms with Gasteiger partial charge < -0.3 is 5.73 Å². The van der Waals surface area contributed by atoms with E-state index in [9.17, 15) is 8.42 Å². The topological polar surface area (TPSA) is 72.2 Å². The summed E-state index contributed by atoms with van der Waals surface area (Å²) in [7, 11) is -3.37. The third-order valence-electron chi connectivity index (χ3n) is 4.43. The predicted molar refractivity (Wildman–Crippen MR) is 87.9 cm³/mol. The first-order valence-electron chi connectivity index (χ1n) is 7.71. The van der Waals surface area contributed by atoms with Crippen LogP contribution in [0.5, 0.6) is 0 Å². The fourth-order valence-electron chi connectivity index (χ4n) is 2.91. The lowest BCUT2D eigenvalue weighted by molar-refractivity contribution is 0.278. The van der Waals surface area contributed by atoms with Crippen molar-refractivity contribution >= 4 is 21.4 Å². The molecule has 1 aliphatic rings. The lowest BCUT2D eigenvalue weighted by atomic mass is 9.81. The van der Waals surface area contributed by atoms with Gasteiger partial charge in [0.1, 0.15) is 4.21 Å². The van der Waals surface area contributed by atoms with Crippen molar-refractivity contribution in [3.63, 3.8) is 0 Å². The second kappa shape index (κ2) is 7.22. The minimum atomic E-state index is -3.37. The highest BCUT2D eigenvalue weighted by molar-refractivity contribution is 7.91. The molecule has 0 aliphatic heterocycles. The number of sulfonamides is 1. The van der Waals surface area contributed by atoms with E-state index < -0.39 is 10.0 Å². The number of rotatable bonds is 6. The number of hydrogen-bond donors (Lipinski definition) is 2. The van der Waals surface area contributed by atoms with E-state index in [4.69, 9.17) is 5.73 Å². The quantitative estimate of drug-likeness (QED) is 0.842. The molecule has 0 atom stereocenters. The minimum absolute atomic E-state index is 0.387. The highest BCUT2D eigenvalue weighted by Gasteiger charge is 2.21. The van der Waals surface area contributed by atoms with E-state index in [1.165, 1.54) is 37.0 Å². The highest BCUT2D eigenvalue weighted by atomic mass is 32.2. The average molecular weight is 331 g/mol. The molecule has 1 aromatic heterocycles. The first-order chi connectivity index (χ1) is 9.92. The molecule has 6 heteroatoms. The van der Waals surface area contributed by atoms with Crippen LogP contribution >= 0.6 is 11.3 Å². The van der Waals surface area contributed by atoms with Gasteiger partial charge in [-0.1, -0.05) is 32.6 Å². The molecular weight excluding hydrogens is 304 g/mol. The van der Waals surface area contributed by atoms with E-state index in [0.717, 1.165) is 22.8 Å². The van der Waals surface area contributed by atoms with Crippen molar-refractivity contribution in [2.75, 3.05) is 6.54 Å². The summed E-state index contributed by atoms with van der Waals surface area (Å²) in [6, 6.07) is 1.72. The van der Waals surface area contributed by atoms with Crippen LogP contribution in [0.15, 0.2) is 10.3 Å². The second-order valence-electron chi connectivity index (χ2n) is 6.19. The van der Waals surface area contributed by atoms with Crippen LogP contribution in [0.25, 0.3) is 0 Å². The van der Waals surface area contributed by atoms with Gasteiger partial charge >= 0.3 is 0 Å². The summed E-state index contributed by atoms with van der Waals surface area (Å²) in [5.74, 6) is 1.51. The highest BCUT2D eigenvalue weighted by Crippen LogP contribution is 2.30. The molecule has 21 heavy (non-hydrogen) atoms. The van der Waals surface area contributed by atoms with Crippen LogP contribution < -0.4 is 10.5 Å². The first-order valence-corrected chi connectivity index (χ1v) is 10.0. The van der Waals surface area contributed by atoms with Crippen molar-refractivity contribution in [1.82, 2.24) is 4.72 Å². The number of aryl methyl sites for hydroxylation is 1. The molecule has 0 radical (unpaired) electrons. The zero-order valence-corrected chi connectivity index (χ0v) is 14.5. The Morgan fingerprint density at radius 2 is 2.00 bits per heavy atom. The standard InChI is InChI=1S/C15H26N2O2S2/c1-11-3-5-13(6-4-11)7-8-17-21(18,19)15-9-12(2)14(10-16)20-15/h9,11,13,17H,3-8,10,16H2,1-2H3. The molecule has 0 saturated heterocycles. The second-order valence-corrected chi connectivity index (χ2v) is 9.32. The molecule has 1 fully saturated rings. The van der Waals surface area contributed by atoms with Crippen LogP contribution in [0.1, 0.15) is 49.5 Å². The lowest BCUT2D eigenvalue weighted by Crippen LogP contribution is -2.26. The van der Waals surface area contributed by atoms with E-state index >= 15 is 0 Å². The monoisotopic (exact) mass is 330 g/mol. The number of nitrogens with one attached hydrogen (secondary N) is 1. The predicted octanol–water partition coefficient (Wildman–Crippen LogP) is 3.01. The van der Waals surface area contributed by atoms with Gasteiger partial charge in [-0.2, -0.15) is 0 Å². The molecule has 0 aromatic carbocycles. The number of thiophene rings is 1. The first kappa shape index (κ1) is 16.9. The van der Waals surface area contributed by atoms with Crippen molar-refractivity contribution in [1.29, 1.82) is 0 Å². The van der Waals surface area contributed by atoms with Crippen molar-refractivity contribution in [2.24, 2.45) is 17.6 Å².